The third-order valence-corrected chi connectivity index (χ3v) is 3.75. The third kappa shape index (κ3) is 2.04. The summed E-state index contributed by atoms with van der Waals surface area (Å²) < 4.78 is 40.8. The largest absolute Gasteiger partial charge is 0.694 e. The topological polar surface area (TPSA) is 91.3 Å². The van der Waals surface area contributed by atoms with Gasteiger partial charge < -0.3 is 0 Å². The minimum Gasteiger partial charge on any atom is -0.286 e. The average Bonchev–Trinajstić information content (AvgIpc) is 2.17. The first kappa shape index (κ1) is 10.6. The van der Waals surface area contributed by atoms with Crippen LogP contribution in [-0.4, -0.2) is 31.3 Å². The molecule has 0 amide bonds. The molecule has 2 bridgehead atoms. The standard InChI is InChI=1S/C5H8O7P2/c6-13(7)9-1-5-2-10-14(8,11-3-5)12-4-5/h1-4H2/p+1. The number of phosphoric acid groups is 1. The molecular weight excluding hydrogens is 234 g/mol. The van der Waals surface area contributed by atoms with Crippen LogP contribution in [0.1, 0.15) is 0 Å². The second kappa shape index (κ2) is 3.61. The zero-order chi connectivity index (χ0) is 10.2. The molecule has 0 aromatic heterocycles. The van der Waals surface area contributed by atoms with E-state index in [0.29, 0.717) is 0 Å². The van der Waals surface area contributed by atoms with Crippen molar-refractivity contribution in [3.05, 3.63) is 0 Å². The molecule has 7 nitrogen and oxygen atoms in total. The van der Waals surface area contributed by atoms with Gasteiger partial charge in [0.15, 0.2) is 0 Å². The van der Waals surface area contributed by atoms with Crippen molar-refractivity contribution in [2.24, 2.45) is 5.41 Å². The summed E-state index contributed by atoms with van der Waals surface area (Å²) in [4.78, 5) is 8.47. The highest BCUT2D eigenvalue weighted by Crippen LogP contribution is 2.60. The van der Waals surface area contributed by atoms with E-state index in [4.69, 9.17) is 18.5 Å². The van der Waals surface area contributed by atoms with Gasteiger partial charge in [0.25, 0.3) is 0 Å². The molecule has 1 N–H and O–H groups in total. The first-order valence-corrected chi connectivity index (χ1v) is 6.46. The Balaban J connectivity index is 1.98. The van der Waals surface area contributed by atoms with E-state index in [1.54, 1.807) is 0 Å². The minimum absolute atomic E-state index is 0.0152. The van der Waals surface area contributed by atoms with Gasteiger partial charge in [-0.2, -0.15) is 0 Å². The predicted octanol–water partition coefficient (Wildman–Crippen LogP) is 0.824. The molecule has 80 valence electrons. The maximum absolute atomic E-state index is 11.3. The number of rotatable bonds is 3. The summed E-state index contributed by atoms with van der Waals surface area (Å²) in [5, 5.41) is 0. The monoisotopic (exact) mass is 243 g/mol. The summed E-state index contributed by atoms with van der Waals surface area (Å²) in [7, 11) is -5.95. The Morgan fingerprint density at radius 2 is 1.86 bits per heavy atom. The Kier molecular flexibility index (Phi) is 2.74. The zero-order valence-electron chi connectivity index (χ0n) is 7.12. The van der Waals surface area contributed by atoms with E-state index >= 15 is 0 Å². The second-order valence-corrected chi connectivity index (χ2v) is 5.68. The number of fused-ring (bicyclic) bond motifs is 3. The van der Waals surface area contributed by atoms with E-state index < -0.39 is 21.5 Å². The second-order valence-electron chi connectivity index (χ2n) is 3.28. The highest BCUT2D eigenvalue weighted by Gasteiger charge is 2.52. The van der Waals surface area contributed by atoms with Gasteiger partial charge in [-0.1, -0.05) is 0 Å². The Hall–Kier alpha value is 0.130. The van der Waals surface area contributed by atoms with Crippen LogP contribution in [0, 0.1) is 5.41 Å². The van der Waals surface area contributed by atoms with Crippen molar-refractivity contribution in [2.75, 3.05) is 26.4 Å². The molecule has 9 heteroatoms. The SMILES string of the molecule is O=[P+](O)OCC12COP(=O)(OC1)OC2. The first-order valence-electron chi connectivity index (χ1n) is 3.86. The molecule has 1 unspecified atom stereocenters. The lowest BCUT2D eigenvalue weighted by Crippen LogP contribution is -2.47. The molecule has 14 heavy (non-hydrogen) atoms. The number of hydrogen-bond donors (Lipinski definition) is 1. The minimum atomic E-state index is -3.31. The van der Waals surface area contributed by atoms with E-state index in [1.807, 2.05) is 0 Å². The van der Waals surface area contributed by atoms with Gasteiger partial charge in [0.1, 0.15) is 6.61 Å². The van der Waals surface area contributed by atoms with E-state index in [9.17, 15) is 9.13 Å². The normalized spacial score (nSPS) is 42.5. The summed E-state index contributed by atoms with van der Waals surface area (Å²) in [6.07, 6.45) is 0. The fourth-order valence-electron chi connectivity index (χ4n) is 1.20. The van der Waals surface area contributed by atoms with Gasteiger partial charge in [0.2, 0.25) is 0 Å². The first-order chi connectivity index (χ1) is 6.54. The summed E-state index contributed by atoms with van der Waals surface area (Å²) >= 11 is 0. The lowest BCUT2D eigenvalue weighted by atomic mass is 9.93. The lowest BCUT2D eigenvalue weighted by molar-refractivity contribution is -0.110. The fraction of sp³-hybridized carbons (Fsp3) is 1.00. The van der Waals surface area contributed by atoms with Gasteiger partial charge >= 0.3 is 16.1 Å². The summed E-state index contributed by atoms with van der Waals surface area (Å²) in [6.45, 7) is 0.465. The molecule has 1 atom stereocenters. The molecule has 0 radical (unpaired) electrons. The predicted molar refractivity (Wildman–Crippen MR) is 43.7 cm³/mol. The third-order valence-electron chi connectivity index (χ3n) is 2.07. The maximum Gasteiger partial charge on any atom is 0.694 e. The lowest BCUT2D eigenvalue weighted by Gasteiger charge is -2.42. The molecule has 3 aliphatic rings. The van der Waals surface area contributed by atoms with E-state index in [1.165, 1.54) is 0 Å². The summed E-state index contributed by atoms with van der Waals surface area (Å²) in [5.41, 5.74) is -0.611. The van der Waals surface area contributed by atoms with Crippen molar-refractivity contribution in [2.45, 2.75) is 0 Å². The molecule has 3 rings (SSSR count). The average molecular weight is 243 g/mol. The zero-order valence-corrected chi connectivity index (χ0v) is 8.91. The quantitative estimate of drug-likeness (QED) is 0.733. The molecule has 3 saturated heterocycles. The van der Waals surface area contributed by atoms with Crippen LogP contribution in [0.5, 0.6) is 0 Å². The highest BCUT2D eigenvalue weighted by atomic mass is 31.2. The van der Waals surface area contributed by atoms with Crippen LogP contribution in [0.15, 0.2) is 0 Å². The fourth-order valence-corrected chi connectivity index (χ4v) is 3.11. The van der Waals surface area contributed by atoms with E-state index in [0.717, 1.165) is 0 Å². The van der Waals surface area contributed by atoms with Crippen molar-refractivity contribution in [3.63, 3.8) is 0 Å². The Morgan fingerprint density at radius 3 is 2.29 bits per heavy atom. The van der Waals surface area contributed by atoms with Crippen LogP contribution in [0.2, 0.25) is 0 Å². The van der Waals surface area contributed by atoms with E-state index in [-0.39, 0.29) is 26.4 Å². The smallest absolute Gasteiger partial charge is 0.286 e. The maximum atomic E-state index is 11.3. The van der Waals surface area contributed by atoms with Crippen molar-refractivity contribution in [3.8, 4) is 0 Å². The summed E-state index contributed by atoms with van der Waals surface area (Å²) in [5.74, 6) is 0. The van der Waals surface area contributed by atoms with Gasteiger partial charge in [-0.25, -0.2) is 4.57 Å². The summed E-state index contributed by atoms with van der Waals surface area (Å²) in [6, 6.07) is 0. The van der Waals surface area contributed by atoms with Gasteiger partial charge in [0, 0.05) is 4.57 Å². The molecule has 0 aliphatic carbocycles. The molecule has 3 aliphatic heterocycles. The molecule has 0 aromatic rings. The van der Waals surface area contributed by atoms with Crippen LogP contribution in [0.25, 0.3) is 0 Å². The van der Waals surface area contributed by atoms with Crippen molar-refractivity contribution < 1.29 is 32.1 Å². The van der Waals surface area contributed by atoms with Crippen molar-refractivity contribution in [1.82, 2.24) is 0 Å². The van der Waals surface area contributed by atoms with Crippen LogP contribution in [0.4, 0.5) is 0 Å². The van der Waals surface area contributed by atoms with Crippen molar-refractivity contribution >= 4 is 16.1 Å². The number of hydrogen-bond acceptors (Lipinski definition) is 6. The van der Waals surface area contributed by atoms with Gasteiger partial charge in [-0.05, 0) is 0 Å². The Labute approximate surface area is 80.9 Å². The highest BCUT2D eigenvalue weighted by molar-refractivity contribution is 7.48. The molecule has 0 spiro atoms. The molecule has 3 fully saturated rings. The number of phosphoric ester groups is 1. The Bertz CT molecular complexity index is 271. The van der Waals surface area contributed by atoms with Crippen LogP contribution < -0.4 is 0 Å². The molecule has 0 saturated carbocycles. The van der Waals surface area contributed by atoms with Crippen LogP contribution in [-0.2, 0) is 27.2 Å². The molecule has 0 aromatic carbocycles. The van der Waals surface area contributed by atoms with Gasteiger partial charge in [0.05, 0.1) is 25.2 Å². The molecular formula is C5H9O7P2+. The molecule has 3 heterocycles. The van der Waals surface area contributed by atoms with Crippen LogP contribution in [0.3, 0.4) is 0 Å². The van der Waals surface area contributed by atoms with Crippen molar-refractivity contribution in [1.29, 1.82) is 0 Å². The Morgan fingerprint density at radius 1 is 1.36 bits per heavy atom. The van der Waals surface area contributed by atoms with Gasteiger partial charge in [-0.15, -0.1) is 9.42 Å². The van der Waals surface area contributed by atoms with E-state index in [2.05, 4.69) is 4.52 Å². The van der Waals surface area contributed by atoms with Gasteiger partial charge in [-0.3, -0.25) is 13.6 Å². The van der Waals surface area contributed by atoms with Crippen LogP contribution >= 0.6 is 16.1 Å².